The predicted molar refractivity (Wildman–Crippen MR) is 431 cm³/mol. The van der Waals surface area contributed by atoms with Crippen LogP contribution in [0.4, 0.5) is 8.78 Å². The summed E-state index contributed by atoms with van der Waals surface area (Å²) in [6.45, 7) is -0.676. The summed E-state index contributed by atoms with van der Waals surface area (Å²) >= 11 is 13.7. The highest BCUT2D eigenvalue weighted by Crippen LogP contribution is 2.48. The lowest BCUT2D eigenvalue weighted by molar-refractivity contribution is -0.384. The number of ether oxygens (including phenoxy) is 12. The Balaban J connectivity index is 0.000000238. The van der Waals surface area contributed by atoms with Crippen LogP contribution in [0.3, 0.4) is 0 Å². The van der Waals surface area contributed by atoms with E-state index in [-0.39, 0.29) is 64.1 Å². The molecule has 10 atom stereocenters. The lowest BCUT2D eigenvalue weighted by atomic mass is 9.86. The van der Waals surface area contributed by atoms with Gasteiger partial charge in [0.25, 0.3) is 0 Å². The molecule has 0 aromatic heterocycles. The first-order chi connectivity index (χ1) is 57.6. The Bertz CT molecular complexity index is 4930. The molecule has 2 aliphatic heterocycles. The average Bonchev–Trinajstić information content (AvgIpc) is 0.738. The summed E-state index contributed by atoms with van der Waals surface area (Å²) in [5.41, 5.74) is 8.59. The van der Waals surface area contributed by atoms with Gasteiger partial charge >= 0.3 is 0 Å². The number of halogens is 4. The van der Waals surface area contributed by atoms with E-state index in [0.717, 1.165) is 39.4 Å². The van der Waals surface area contributed by atoms with E-state index < -0.39 is 125 Å². The molecule has 10 aromatic carbocycles. The van der Waals surface area contributed by atoms with Crippen LogP contribution in [0.1, 0.15) is 115 Å². The van der Waals surface area contributed by atoms with Gasteiger partial charge in [-0.1, -0.05) is 250 Å². The second-order valence-electron chi connectivity index (χ2n) is 28.7. The number of benzene rings is 10. The number of aliphatic hydroxyl groups is 1. The minimum Gasteiger partial charge on any atom is -0.491 e. The van der Waals surface area contributed by atoms with Crippen LogP contribution in [0.25, 0.3) is 0 Å². The van der Waals surface area contributed by atoms with Crippen LogP contribution in [0.5, 0.6) is 11.5 Å². The van der Waals surface area contributed by atoms with Crippen molar-refractivity contribution in [2.45, 2.75) is 165 Å². The zero-order valence-electron chi connectivity index (χ0n) is 73.2. The van der Waals surface area contributed by atoms with Crippen LogP contribution >= 0.6 is 23.2 Å². The number of hydrogen-bond donors (Lipinski definition) is 1. The highest BCUT2D eigenvalue weighted by atomic mass is 35.5. The molecule has 0 unspecified atom stereocenters. The normalized spacial score (nSPS) is 23.1. The van der Waals surface area contributed by atoms with Gasteiger partial charge in [-0.05, 0) is 149 Å². The molecule has 2 saturated heterocycles. The van der Waals surface area contributed by atoms with E-state index in [2.05, 4.69) is 33.9 Å². The van der Waals surface area contributed by atoms with Crippen molar-refractivity contribution < 1.29 is 88.9 Å². The fourth-order valence-corrected chi connectivity index (χ4v) is 14.7. The largest absolute Gasteiger partial charge is 0.491 e. The highest BCUT2D eigenvalue weighted by Gasteiger charge is 2.61. The molecule has 0 aliphatic carbocycles. The van der Waals surface area contributed by atoms with Crippen molar-refractivity contribution in [1.82, 2.24) is 0 Å². The molecular weight excluding hydrogens is 1470 g/mol. The molecule has 111 heavy (non-hydrogen) atoms. The van der Waals surface area contributed by atoms with Crippen molar-refractivity contribution in [3.05, 3.63) is 343 Å². The van der Waals surface area contributed by atoms with E-state index >= 15 is 8.78 Å². The molecule has 12 rings (SSSR count). The molecule has 586 valence electrons. The number of aliphatic hydroxyl groups excluding tert-OH is 1. The summed E-state index contributed by atoms with van der Waals surface area (Å²) in [7, 11) is 0.683. The van der Waals surface area contributed by atoms with Gasteiger partial charge in [0.05, 0.1) is 71.5 Å². The molecule has 0 radical (unpaired) electrons. The topological polar surface area (TPSA) is 140 Å². The zero-order valence-corrected chi connectivity index (χ0v) is 65.7. The van der Waals surface area contributed by atoms with Crippen LogP contribution in [-0.2, 0) is 116 Å². The lowest BCUT2D eigenvalue weighted by Crippen LogP contribution is -2.66. The van der Waals surface area contributed by atoms with Gasteiger partial charge in [-0.3, -0.25) is 0 Å². The molecule has 0 saturated carbocycles. The minimum absolute atomic E-state index is 0.103. The molecule has 19 heteroatoms. The Kier molecular flexibility index (Phi) is 25.6. The monoisotopic (exact) mass is 1580 g/mol. The Labute approximate surface area is 677 Å². The van der Waals surface area contributed by atoms with Crippen LogP contribution in [0.15, 0.2) is 255 Å². The van der Waals surface area contributed by atoms with Gasteiger partial charge in [-0.2, -0.15) is 0 Å². The molecule has 2 heterocycles. The number of rotatable bonds is 34. The molecule has 0 amide bonds. The maximum atomic E-state index is 15.5. The summed E-state index contributed by atoms with van der Waals surface area (Å²) in [5.74, 6) is -6.30. The van der Waals surface area contributed by atoms with Crippen molar-refractivity contribution in [1.29, 1.82) is 0 Å². The van der Waals surface area contributed by atoms with Gasteiger partial charge in [-0.15, -0.1) is 0 Å². The molecule has 2 aliphatic rings. The predicted octanol–water partition coefficient (Wildman–Crippen LogP) is 19.9. The molecule has 14 nitrogen and oxygen atoms in total. The quantitative estimate of drug-likeness (QED) is 0.0383. The van der Waals surface area contributed by atoms with Gasteiger partial charge in [0, 0.05) is 43.6 Å². The maximum absolute atomic E-state index is 15.5. The van der Waals surface area contributed by atoms with Gasteiger partial charge in [0.15, 0.2) is 31.5 Å². The van der Waals surface area contributed by atoms with Crippen molar-refractivity contribution >= 4 is 31.5 Å². The Morgan fingerprint density at radius 2 is 0.757 bits per heavy atom. The van der Waals surface area contributed by atoms with Gasteiger partial charge in [0.1, 0.15) is 48.8 Å². The third kappa shape index (κ3) is 21.7. The average molecular weight is 1580 g/mol. The summed E-state index contributed by atoms with van der Waals surface area (Å²) < 4.78 is 191. The van der Waals surface area contributed by atoms with E-state index in [9.17, 15) is 5.11 Å². The first-order valence-corrected chi connectivity index (χ1v) is 40.4. The lowest BCUT2D eigenvalue weighted by Gasteiger charge is -2.52. The van der Waals surface area contributed by atoms with Gasteiger partial charge in [0.2, 0.25) is 11.6 Å². The van der Waals surface area contributed by atoms with Crippen molar-refractivity contribution in [2.75, 3.05) is 40.6 Å². The fraction of sp³-hybridized carbons (Fsp3) is 0.348. The third-order valence-corrected chi connectivity index (χ3v) is 25.5. The standard InChI is InChI=1S/C49H58ClFO7Si.C43H44ClFO7/c1-8-53-43-27-24-38(29-42(43)51)28-39-30-40(25-26-41(39)50)49(52-5)47(56-33-37-22-16-11-17-23-37)46(55-32-36-20-14-10-15-21-36)45(54-31-35-18-12-9-13-19-35)44(58-49)34-57-59(6,7)48(2,3)4;1-3-48-38-22-19-33(24-37(38)45)23-34-25-35(20-21-36(34)44)43(47-2)42(51-29-32-17-11-6-12-18-32)41(50-28-31-15-9-5-10-16-31)40(39(26-46)52-43)49-27-30-13-7-4-8-14-30/h9-27,29-30,44-47H,8,28,31-34H2,1-7H3;4-22,24-25,39-42,46H,3,23,26-29H2,1-2H3/t44-,45-,46+,47-,49+;39-,40-,41+,42-,43+/m11/s1/i1D3,8D2;1D3,3D2. The smallest absolute Gasteiger partial charge is 0.225 e. The van der Waals surface area contributed by atoms with E-state index in [1.165, 1.54) is 37.4 Å². The Morgan fingerprint density at radius 3 is 1.07 bits per heavy atom. The van der Waals surface area contributed by atoms with Crippen LogP contribution in [0, 0.1) is 11.6 Å². The van der Waals surface area contributed by atoms with Crippen LogP contribution < -0.4 is 9.47 Å². The first-order valence-electron chi connectivity index (χ1n) is 41.7. The summed E-state index contributed by atoms with van der Waals surface area (Å²) in [6, 6.07) is 76.7. The van der Waals surface area contributed by atoms with Crippen molar-refractivity contribution in [2.24, 2.45) is 0 Å². The minimum atomic E-state index is -3.14. The molecular formula is C92H102Cl2F2O14Si. The fourth-order valence-electron chi connectivity index (χ4n) is 13.4. The number of methoxy groups -OCH3 is 2. The van der Waals surface area contributed by atoms with Crippen LogP contribution in [0.2, 0.25) is 28.2 Å². The number of hydrogen-bond acceptors (Lipinski definition) is 14. The molecule has 1 N–H and O–H groups in total. The SMILES string of the molecule is [2H]C([2H])([2H])C([2H])([2H])Oc1ccc(Cc2cc([C@]3(OC)O[C@H](CO)[C@@H](OCc4ccccc4)[C@H](OCc4ccccc4)[C@H]3OCc3ccccc3)ccc2Cl)cc1F.[2H]C([2H])([2H])C([2H])([2H])Oc1ccc(Cc2cc([C@]3(OC)O[C@H](CO[Si](C)(C)C(C)(C)C)[C@@H](OCc4ccccc4)[C@H](OCc4ccccc4)[C@H]3OCc3ccccc3)ccc2Cl)cc1F. The van der Waals surface area contributed by atoms with Crippen LogP contribution in [-0.4, -0.2) is 103 Å². The summed E-state index contributed by atoms with van der Waals surface area (Å²) in [6.07, 6.45) is -6.62. The highest BCUT2D eigenvalue weighted by molar-refractivity contribution is 6.74. The second-order valence-corrected chi connectivity index (χ2v) is 34.3. The zero-order chi connectivity index (χ0) is 87.0. The Morgan fingerprint density at radius 1 is 0.432 bits per heavy atom. The van der Waals surface area contributed by atoms with Gasteiger partial charge in [-0.25, -0.2) is 8.78 Å². The van der Waals surface area contributed by atoms with Crippen molar-refractivity contribution in [3.8, 4) is 11.5 Å². The molecule has 0 bridgehead atoms. The first kappa shape index (κ1) is 70.8. The third-order valence-electron chi connectivity index (χ3n) is 20.3. The summed E-state index contributed by atoms with van der Waals surface area (Å²) in [4.78, 5) is 0. The Hall–Kier alpha value is -8.02. The van der Waals surface area contributed by atoms with E-state index in [0.29, 0.717) is 43.4 Å². The van der Waals surface area contributed by atoms with E-state index in [1.807, 2.05) is 194 Å². The molecule has 10 aromatic rings. The van der Waals surface area contributed by atoms with Gasteiger partial charge < -0.3 is 66.4 Å². The summed E-state index contributed by atoms with van der Waals surface area (Å²) in [5, 5.41) is 11.5. The second kappa shape index (κ2) is 40.1. The maximum Gasteiger partial charge on any atom is 0.225 e. The molecule has 2 fully saturated rings. The van der Waals surface area contributed by atoms with E-state index in [1.54, 1.807) is 31.4 Å². The van der Waals surface area contributed by atoms with E-state index in [4.69, 9.17) is 98.2 Å². The molecule has 0 spiro atoms. The van der Waals surface area contributed by atoms with Crippen molar-refractivity contribution in [3.63, 3.8) is 0 Å².